The number of hydrogen-bond acceptors (Lipinski definition) is 4. The standard InChI is InChI=1S/C15H14F2N2O3/c16-15(17)14-8-12(11-5-1-2-6-13(11)22-14)18-7-3-4-10(18)9-19(20)21/h1-2,5-6,8-9,14-15H,3-4,7H2. The van der Waals surface area contributed by atoms with Crippen molar-refractivity contribution in [1.29, 1.82) is 0 Å². The number of rotatable bonds is 3. The Bertz CT molecular complexity index is 658. The molecule has 1 aromatic carbocycles. The van der Waals surface area contributed by atoms with E-state index in [-0.39, 0.29) is 0 Å². The first-order valence-corrected chi connectivity index (χ1v) is 6.94. The molecule has 0 aliphatic carbocycles. The molecule has 2 aliphatic rings. The van der Waals surface area contributed by atoms with Gasteiger partial charge in [0.15, 0.2) is 6.10 Å². The Hall–Kier alpha value is -2.44. The Morgan fingerprint density at radius 2 is 2.18 bits per heavy atom. The summed E-state index contributed by atoms with van der Waals surface area (Å²) in [5, 5.41) is 10.7. The molecular weight excluding hydrogens is 294 g/mol. The lowest BCUT2D eigenvalue weighted by atomic mass is 10.0. The van der Waals surface area contributed by atoms with Crippen molar-refractivity contribution in [3.8, 4) is 5.75 Å². The quantitative estimate of drug-likeness (QED) is 0.635. The molecule has 1 aromatic rings. The number of para-hydroxylation sites is 1. The summed E-state index contributed by atoms with van der Waals surface area (Å²) < 4.78 is 31.4. The summed E-state index contributed by atoms with van der Waals surface area (Å²) in [5.74, 6) is 0.373. The van der Waals surface area contributed by atoms with Crippen LogP contribution < -0.4 is 4.74 Å². The summed E-state index contributed by atoms with van der Waals surface area (Å²) in [6.07, 6.45) is -0.397. The Kier molecular flexibility index (Phi) is 3.79. The fraction of sp³-hybridized carbons (Fsp3) is 0.333. The first-order chi connectivity index (χ1) is 10.6. The lowest BCUT2D eigenvalue weighted by molar-refractivity contribution is -0.404. The van der Waals surface area contributed by atoms with Gasteiger partial charge >= 0.3 is 0 Å². The van der Waals surface area contributed by atoms with E-state index < -0.39 is 17.5 Å². The van der Waals surface area contributed by atoms with E-state index in [0.717, 1.165) is 12.6 Å². The van der Waals surface area contributed by atoms with Crippen LogP contribution >= 0.6 is 0 Å². The van der Waals surface area contributed by atoms with Crippen LogP contribution in [0.1, 0.15) is 18.4 Å². The number of nitro groups is 1. The molecule has 0 saturated carbocycles. The van der Waals surface area contributed by atoms with E-state index in [0.29, 0.717) is 35.7 Å². The SMILES string of the molecule is O=[N+]([O-])C=C1CCCN1C1=CC(C(F)F)Oc2ccccc21. The summed E-state index contributed by atoms with van der Waals surface area (Å²) in [7, 11) is 0. The van der Waals surface area contributed by atoms with E-state index in [9.17, 15) is 18.9 Å². The van der Waals surface area contributed by atoms with Crippen molar-refractivity contribution < 1.29 is 18.4 Å². The van der Waals surface area contributed by atoms with Crippen LogP contribution in [0.5, 0.6) is 5.75 Å². The average Bonchev–Trinajstić information content (AvgIpc) is 2.93. The molecule has 0 radical (unpaired) electrons. The fourth-order valence-electron chi connectivity index (χ4n) is 2.79. The minimum absolute atomic E-state index is 0.373. The molecule has 2 heterocycles. The third-order valence-corrected chi connectivity index (χ3v) is 3.70. The van der Waals surface area contributed by atoms with Gasteiger partial charge in [-0.3, -0.25) is 10.1 Å². The van der Waals surface area contributed by atoms with Crippen molar-refractivity contribution in [2.45, 2.75) is 25.4 Å². The first-order valence-electron chi connectivity index (χ1n) is 6.94. The normalized spacial score (nSPS) is 22.5. The second-order valence-electron chi connectivity index (χ2n) is 5.13. The molecule has 0 aromatic heterocycles. The monoisotopic (exact) mass is 308 g/mol. The summed E-state index contributed by atoms with van der Waals surface area (Å²) >= 11 is 0. The molecule has 1 unspecified atom stereocenters. The Balaban J connectivity index is 2.04. The Morgan fingerprint density at radius 3 is 2.91 bits per heavy atom. The van der Waals surface area contributed by atoms with Crippen LogP contribution in [0.4, 0.5) is 8.78 Å². The van der Waals surface area contributed by atoms with Crippen LogP contribution in [0.3, 0.4) is 0 Å². The number of alkyl halides is 2. The second-order valence-corrected chi connectivity index (χ2v) is 5.13. The third kappa shape index (κ3) is 2.66. The summed E-state index contributed by atoms with van der Waals surface area (Å²) in [6, 6.07) is 6.89. The number of fused-ring (bicyclic) bond motifs is 1. The van der Waals surface area contributed by atoms with E-state index >= 15 is 0 Å². The van der Waals surface area contributed by atoms with Gasteiger partial charge in [-0.25, -0.2) is 8.78 Å². The number of allylic oxidation sites excluding steroid dienone is 1. The van der Waals surface area contributed by atoms with Crippen LogP contribution in [0.2, 0.25) is 0 Å². The van der Waals surface area contributed by atoms with Gasteiger partial charge in [0.05, 0.1) is 16.3 Å². The van der Waals surface area contributed by atoms with E-state index in [1.54, 1.807) is 29.2 Å². The lowest BCUT2D eigenvalue weighted by Crippen LogP contribution is -2.30. The maximum Gasteiger partial charge on any atom is 0.278 e. The summed E-state index contributed by atoms with van der Waals surface area (Å²) in [6.45, 7) is 0.565. The van der Waals surface area contributed by atoms with Gasteiger partial charge in [-0.15, -0.1) is 0 Å². The topological polar surface area (TPSA) is 55.6 Å². The van der Waals surface area contributed by atoms with Gasteiger partial charge in [-0.05, 0) is 31.1 Å². The molecule has 22 heavy (non-hydrogen) atoms. The van der Waals surface area contributed by atoms with E-state index in [4.69, 9.17) is 4.74 Å². The highest BCUT2D eigenvalue weighted by Crippen LogP contribution is 2.39. The third-order valence-electron chi connectivity index (χ3n) is 3.70. The molecule has 0 bridgehead atoms. The lowest BCUT2D eigenvalue weighted by Gasteiger charge is -2.30. The largest absolute Gasteiger partial charge is 0.480 e. The number of likely N-dealkylation sites (tertiary alicyclic amines) is 1. The minimum atomic E-state index is -2.66. The molecule has 0 N–H and O–H groups in total. The zero-order valence-electron chi connectivity index (χ0n) is 11.6. The van der Waals surface area contributed by atoms with Crippen molar-refractivity contribution in [3.63, 3.8) is 0 Å². The van der Waals surface area contributed by atoms with Crippen molar-refractivity contribution in [1.82, 2.24) is 4.90 Å². The van der Waals surface area contributed by atoms with Crippen molar-refractivity contribution >= 4 is 5.70 Å². The number of ether oxygens (including phenoxy) is 1. The van der Waals surface area contributed by atoms with Crippen LogP contribution in [-0.4, -0.2) is 28.9 Å². The molecular formula is C15H14F2N2O3. The van der Waals surface area contributed by atoms with Gasteiger partial charge in [-0.1, -0.05) is 12.1 Å². The van der Waals surface area contributed by atoms with Crippen molar-refractivity contribution in [3.05, 3.63) is 57.9 Å². The molecule has 5 nitrogen and oxygen atoms in total. The number of nitrogens with zero attached hydrogens (tertiary/aromatic N) is 2. The predicted octanol–water partition coefficient (Wildman–Crippen LogP) is 3.27. The van der Waals surface area contributed by atoms with Crippen LogP contribution in [-0.2, 0) is 0 Å². The second kappa shape index (κ2) is 5.75. The number of benzene rings is 1. The van der Waals surface area contributed by atoms with Gasteiger partial charge < -0.3 is 9.64 Å². The predicted molar refractivity (Wildman–Crippen MR) is 75.9 cm³/mol. The zero-order chi connectivity index (χ0) is 15.7. The smallest absolute Gasteiger partial charge is 0.278 e. The highest BCUT2D eigenvalue weighted by molar-refractivity contribution is 5.73. The van der Waals surface area contributed by atoms with Crippen LogP contribution in [0, 0.1) is 10.1 Å². The highest BCUT2D eigenvalue weighted by Gasteiger charge is 2.32. The van der Waals surface area contributed by atoms with Crippen molar-refractivity contribution in [2.75, 3.05) is 6.54 Å². The molecule has 2 aliphatic heterocycles. The summed E-state index contributed by atoms with van der Waals surface area (Å²) in [5.41, 5.74) is 1.76. The molecule has 7 heteroatoms. The average molecular weight is 308 g/mol. The van der Waals surface area contributed by atoms with E-state index in [1.165, 1.54) is 6.08 Å². The molecule has 1 atom stereocenters. The maximum atomic E-state index is 13.1. The maximum absolute atomic E-state index is 13.1. The molecule has 1 saturated heterocycles. The summed E-state index contributed by atoms with van der Waals surface area (Å²) in [4.78, 5) is 12.0. The fourth-order valence-corrected chi connectivity index (χ4v) is 2.79. The molecule has 0 amide bonds. The Morgan fingerprint density at radius 1 is 1.41 bits per heavy atom. The molecule has 1 fully saturated rings. The molecule has 116 valence electrons. The van der Waals surface area contributed by atoms with Gasteiger partial charge in [0.2, 0.25) is 0 Å². The Labute approximate surface area is 125 Å². The highest BCUT2D eigenvalue weighted by atomic mass is 19.3. The van der Waals surface area contributed by atoms with Crippen LogP contribution in [0.15, 0.2) is 42.2 Å². The number of halogens is 2. The van der Waals surface area contributed by atoms with Gasteiger partial charge in [-0.2, -0.15) is 0 Å². The first kappa shape index (κ1) is 14.5. The minimum Gasteiger partial charge on any atom is -0.480 e. The van der Waals surface area contributed by atoms with Gasteiger partial charge in [0.25, 0.3) is 12.6 Å². The van der Waals surface area contributed by atoms with Gasteiger partial charge in [0, 0.05) is 12.1 Å². The number of hydrogen-bond donors (Lipinski definition) is 0. The van der Waals surface area contributed by atoms with Crippen molar-refractivity contribution in [2.24, 2.45) is 0 Å². The zero-order valence-corrected chi connectivity index (χ0v) is 11.6. The van der Waals surface area contributed by atoms with E-state index in [1.807, 2.05) is 0 Å². The molecule has 0 spiro atoms. The van der Waals surface area contributed by atoms with Gasteiger partial charge in [0.1, 0.15) is 5.75 Å². The van der Waals surface area contributed by atoms with Crippen LogP contribution in [0.25, 0.3) is 5.70 Å². The molecule has 3 rings (SSSR count). The van der Waals surface area contributed by atoms with E-state index in [2.05, 4.69) is 0 Å².